The second-order valence-corrected chi connectivity index (χ2v) is 4.60. The molecule has 0 aromatic heterocycles. The van der Waals surface area contributed by atoms with Crippen LogP contribution in [0.1, 0.15) is 24.4 Å². The molecule has 0 spiro atoms. The van der Waals surface area contributed by atoms with E-state index in [1.165, 1.54) is 12.8 Å². The third kappa shape index (κ3) is 2.60. The Morgan fingerprint density at radius 1 is 1.22 bits per heavy atom. The van der Waals surface area contributed by atoms with Crippen molar-refractivity contribution < 1.29 is 9.47 Å². The summed E-state index contributed by atoms with van der Waals surface area (Å²) in [5.41, 5.74) is 7.09. The Morgan fingerprint density at radius 3 is 2.50 bits per heavy atom. The van der Waals surface area contributed by atoms with Crippen LogP contribution in [0.15, 0.2) is 18.2 Å². The summed E-state index contributed by atoms with van der Waals surface area (Å²) in [6.45, 7) is 2.83. The molecule has 4 heteroatoms. The number of nitrogens with zero attached hydrogens (tertiary/aromatic N) is 1. The standard InChI is InChI=1S/C14H22N2O2/c1-17-11-5-6-14(18-2)12(9-11)13(10-15)16-7-3-4-8-16/h5-6,9,13H,3-4,7-8,10,15H2,1-2H3. The fourth-order valence-electron chi connectivity index (χ4n) is 2.63. The van der Waals surface area contributed by atoms with E-state index < -0.39 is 0 Å². The highest BCUT2D eigenvalue weighted by Gasteiger charge is 2.25. The number of hydrogen-bond acceptors (Lipinski definition) is 4. The maximum atomic E-state index is 5.96. The molecular formula is C14H22N2O2. The zero-order chi connectivity index (χ0) is 13.0. The molecule has 1 unspecified atom stereocenters. The molecule has 1 saturated heterocycles. The normalized spacial score (nSPS) is 17.7. The van der Waals surface area contributed by atoms with Crippen LogP contribution >= 0.6 is 0 Å². The van der Waals surface area contributed by atoms with Gasteiger partial charge in [0.05, 0.1) is 20.3 Å². The Balaban J connectivity index is 2.32. The van der Waals surface area contributed by atoms with Gasteiger partial charge in [0.25, 0.3) is 0 Å². The summed E-state index contributed by atoms with van der Waals surface area (Å²) >= 11 is 0. The Bertz CT molecular complexity index is 389. The number of benzene rings is 1. The molecule has 0 bridgehead atoms. The topological polar surface area (TPSA) is 47.7 Å². The fourth-order valence-corrected chi connectivity index (χ4v) is 2.63. The molecule has 0 radical (unpaired) electrons. The van der Waals surface area contributed by atoms with Gasteiger partial charge < -0.3 is 15.2 Å². The van der Waals surface area contributed by atoms with Crippen molar-refractivity contribution in [3.05, 3.63) is 23.8 Å². The van der Waals surface area contributed by atoms with Crippen molar-refractivity contribution in [1.82, 2.24) is 4.90 Å². The van der Waals surface area contributed by atoms with Crippen LogP contribution in [0.5, 0.6) is 11.5 Å². The molecule has 0 aliphatic carbocycles. The van der Waals surface area contributed by atoms with Gasteiger partial charge >= 0.3 is 0 Å². The van der Waals surface area contributed by atoms with E-state index in [1.54, 1.807) is 14.2 Å². The van der Waals surface area contributed by atoms with Crippen LogP contribution < -0.4 is 15.2 Å². The molecular weight excluding hydrogens is 228 g/mol. The molecule has 1 aliphatic rings. The summed E-state index contributed by atoms with van der Waals surface area (Å²) in [5, 5.41) is 0. The number of ether oxygens (including phenoxy) is 2. The van der Waals surface area contributed by atoms with Gasteiger partial charge in [-0.2, -0.15) is 0 Å². The number of likely N-dealkylation sites (tertiary alicyclic amines) is 1. The number of rotatable bonds is 5. The number of methoxy groups -OCH3 is 2. The Labute approximate surface area is 109 Å². The number of hydrogen-bond donors (Lipinski definition) is 1. The van der Waals surface area contributed by atoms with E-state index in [4.69, 9.17) is 15.2 Å². The summed E-state index contributed by atoms with van der Waals surface area (Å²) in [5.74, 6) is 1.74. The highest BCUT2D eigenvalue weighted by atomic mass is 16.5. The monoisotopic (exact) mass is 250 g/mol. The molecule has 1 aliphatic heterocycles. The zero-order valence-electron chi connectivity index (χ0n) is 11.2. The van der Waals surface area contributed by atoms with Crippen molar-refractivity contribution in [3.8, 4) is 11.5 Å². The Morgan fingerprint density at radius 2 is 1.94 bits per heavy atom. The van der Waals surface area contributed by atoms with Crippen LogP contribution in [0.25, 0.3) is 0 Å². The third-order valence-corrected chi connectivity index (χ3v) is 3.60. The summed E-state index contributed by atoms with van der Waals surface area (Å²) < 4.78 is 10.7. The second kappa shape index (κ2) is 6.07. The first-order valence-corrected chi connectivity index (χ1v) is 6.46. The van der Waals surface area contributed by atoms with Crippen molar-refractivity contribution in [2.75, 3.05) is 33.9 Å². The van der Waals surface area contributed by atoms with Gasteiger partial charge in [0.1, 0.15) is 11.5 Å². The first kappa shape index (κ1) is 13.2. The van der Waals surface area contributed by atoms with E-state index in [0.717, 1.165) is 30.2 Å². The van der Waals surface area contributed by atoms with Gasteiger partial charge in [0, 0.05) is 12.1 Å². The summed E-state index contributed by atoms with van der Waals surface area (Å²) in [6.07, 6.45) is 2.51. The maximum Gasteiger partial charge on any atom is 0.123 e. The van der Waals surface area contributed by atoms with Crippen molar-refractivity contribution in [3.63, 3.8) is 0 Å². The van der Waals surface area contributed by atoms with E-state index in [1.807, 2.05) is 18.2 Å². The van der Waals surface area contributed by atoms with Crippen LogP contribution in [0.2, 0.25) is 0 Å². The Kier molecular flexibility index (Phi) is 4.44. The van der Waals surface area contributed by atoms with Crippen molar-refractivity contribution in [2.45, 2.75) is 18.9 Å². The second-order valence-electron chi connectivity index (χ2n) is 4.60. The minimum Gasteiger partial charge on any atom is -0.497 e. The zero-order valence-corrected chi connectivity index (χ0v) is 11.2. The summed E-state index contributed by atoms with van der Waals surface area (Å²) in [4.78, 5) is 2.43. The average molecular weight is 250 g/mol. The van der Waals surface area contributed by atoms with Gasteiger partial charge in [-0.1, -0.05) is 0 Å². The lowest BCUT2D eigenvalue weighted by atomic mass is 10.0. The quantitative estimate of drug-likeness (QED) is 0.865. The van der Waals surface area contributed by atoms with Crippen molar-refractivity contribution in [1.29, 1.82) is 0 Å². The molecule has 0 amide bonds. The lowest BCUT2D eigenvalue weighted by molar-refractivity contribution is 0.244. The van der Waals surface area contributed by atoms with Gasteiger partial charge in [-0.25, -0.2) is 0 Å². The molecule has 100 valence electrons. The minimum absolute atomic E-state index is 0.220. The van der Waals surface area contributed by atoms with Crippen LogP contribution in [-0.4, -0.2) is 38.8 Å². The van der Waals surface area contributed by atoms with Crippen molar-refractivity contribution in [2.24, 2.45) is 5.73 Å². The molecule has 0 saturated carbocycles. The first-order valence-electron chi connectivity index (χ1n) is 6.46. The van der Waals surface area contributed by atoms with E-state index in [2.05, 4.69) is 4.90 Å². The predicted octanol–water partition coefficient (Wildman–Crippen LogP) is 1.80. The Hall–Kier alpha value is -1.26. The minimum atomic E-state index is 0.220. The molecule has 4 nitrogen and oxygen atoms in total. The van der Waals surface area contributed by atoms with Gasteiger partial charge in [0.2, 0.25) is 0 Å². The molecule has 1 aromatic carbocycles. The van der Waals surface area contributed by atoms with Gasteiger partial charge in [-0.3, -0.25) is 4.90 Å². The summed E-state index contributed by atoms with van der Waals surface area (Å²) in [6, 6.07) is 6.12. The molecule has 18 heavy (non-hydrogen) atoms. The maximum absolute atomic E-state index is 5.96. The average Bonchev–Trinajstić information content (AvgIpc) is 2.93. The van der Waals surface area contributed by atoms with Crippen LogP contribution in [0.3, 0.4) is 0 Å². The highest BCUT2D eigenvalue weighted by Crippen LogP contribution is 2.33. The molecule has 1 heterocycles. The van der Waals surface area contributed by atoms with Crippen LogP contribution in [0, 0.1) is 0 Å². The molecule has 2 rings (SSSR count). The lowest BCUT2D eigenvalue weighted by Crippen LogP contribution is -2.31. The number of nitrogens with two attached hydrogens (primary N) is 1. The molecule has 1 fully saturated rings. The predicted molar refractivity (Wildman–Crippen MR) is 72.1 cm³/mol. The molecule has 2 N–H and O–H groups in total. The largest absolute Gasteiger partial charge is 0.497 e. The van der Waals surface area contributed by atoms with Gasteiger partial charge in [-0.05, 0) is 44.1 Å². The SMILES string of the molecule is COc1ccc(OC)c(C(CN)N2CCCC2)c1. The molecule has 1 aromatic rings. The van der Waals surface area contributed by atoms with Crippen LogP contribution in [-0.2, 0) is 0 Å². The van der Waals surface area contributed by atoms with E-state index >= 15 is 0 Å². The lowest BCUT2D eigenvalue weighted by Gasteiger charge is -2.28. The van der Waals surface area contributed by atoms with E-state index in [9.17, 15) is 0 Å². The summed E-state index contributed by atoms with van der Waals surface area (Å²) in [7, 11) is 3.38. The van der Waals surface area contributed by atoms with E-state index in [0.29, 0.717) is 6.54 Å². The van der Waals surface area contributed by atoms with Crippen molar-refractivity contribution >= 4 is 0 Å². The third-order valence-electron chi connectivity index (χ3n) is 3.60. The fraction of sp³-hybridized carbons (Fsp3) is 0.571. The van der Waals surface area contributed by atoms with E-state index in [-0.39, 0.29) is 6.04 Å². The molecule has 1 atom stereocenters. The first-order chi connectivity index (χ1) is 8.80. The van der Waals surface area contributed by atoms with Gasteiger partial charge in [0.15, 0.2) is 0 Å². The van der Waals surface area contributed by atoms with Crippen LogP contribution in [0.4, 0.5) is 0 Å². The highest BCUT2D eigenvalue weighted by molar-refractivity contribution is 5.42. The smallest absolute Gasteiger partial charge is 0.123 e. The van der Waals surface area contributed by atoms with Gasteiger partial charge in [-0.15, -0.1) is 0 Å².